The Morgan fingerprint density at radius 2 is 1.90 bits per heavy atom. The van der Waals surface area contributed by atoms with Gasteiger partial charge in [-0.2, -0.15) is 0 Å². The molecule has 3 N–H and O–H groups in total. The third-order valence-electron chi connectivity index (χ3n) is 2.66. The molecule has 0 heterocycles. The fourth-order valence-electron chi connectivity index (χ4n) is 1.62. The topological polar surface area (TPSA) is 72.2 Å². The summed E-state index contributed by atoms with van der Waals surface area (Å²) in [5.41, 5.74) is 6.07. The number of hydrogen-bond donors (Lipinski definition) is 2. The fraction of sp³-hybridized carbons (Fsp3) is 0.0769. The van der Waals surface area contributed by atoms with Gasteiger partial charge in [-0.1, -0.05) is 29.8 Å². The molecule has 0 bridgehead atoms. The largest absolute Gasteiger partial charge is 0.399 e. The maximum atomic E-state index is 13.4. The minimum absolute atomic E-state index is 0.0558. The van der Waals surface area contributed by atoms with Gasteiger partial charge in [0.1, 0.15) is 10.7 Å². The number of nitrogens with two attached hydrogens (primary N) is 1. The molecule has 2 aromatic carbocycles. The Hall–Kier alpha value is -1.63. The van der Waals surface area contributed by atoms with Crippen molar-refractivity contribution in [1.29, 1.82) is 0 Å². The second-order valence-corrected chi connectivity index (χ2v) is 6.25. The van der Waals surface area contributed by atoms with E-state index >= 15 is 0 Å². The lowest BCUT2D eigenvalue weighted by atomic mass is 10.2. The SMILES string of the molecule is Nc1ccc(Cl)c(S(=O)(=O)NCc2ccccc2F)c1. The van der Waals surface area contributed by atoms with Crippen molar-refractivity contribution in [3.8, 4) is 0 Å². The molecular formula is C13H12ClFN2O2S. The van der Waals surface area contributed by atoms with Crippen LogP contribution in [0.5, 0.6) is 0 Å². The molecule has 20 heavy (non-hydrogen) atoms. The van der Waals surface area contributed by atoms with Crippen LogP contribution in [0.25, 0.3) is 0 Å². The van der Waals surface area contributed by atoms with E-state index in [1.165, 1.54) is 36.4 Å². The first-order valence-electron chi connectivity index (χ1n) is 5.68. The normalized spacial score (nSPS) is 11.5. The molecule has 2 rings (SSSR count). The summed E-state index contributed by atoms with van der Waals surface area (Å²) in [5.74, 6) is -0.478. The summed E-state index contributed by atoms with van der Waals surface area (Å²) in [4.78, 5) is -0.129. The molecule has 4 nitrogen and oxygen atoms in total. The standard InChI is InChI=1S/C13H12ClFN2O2S/c14-11-6-5-10(16)7-13(11)20(18,19)17-8-9-3-1-2-4-12(9)15/h1-7,17H,8,16H2. The molecule has 0 aromatic heterocycles. The van der Waals surface area contributed by atoms with E-state index in [4.69, 9.17) is 17.3 Å². The predicted molar refractivity (Wildman–Crippen MR) is 76.3 cm³/mol. The van der Waals surface area contributed by atoms with Gasteiger partial charge in [0.25, 0.3) is 0 Å². The zero-order valence-electron chi connectivity index (χ0n) is 10.3. The highest BCUT2D eigenvalue weighted by molar-refractivity contribution is 7.89. The Kier molecular flexibility index (Phi) is 4.27. The van der Waals surface area contributed by atoms with Crippen molar-refractivity contribution < 1.29 is 12.8 Å². The van der Waals surface area contributed by atoms with E-state index in [9.17, 15) is 12.8 Å². The second-order valence-electron chi connectivity index (χ2n) is 4.11. The van der Waals surface area contributed by atoms with E-state index in [-0.39, 0.29) is 27.7 Å². The van der Waals surface area contributed by atoms with Crippen molar-refractivity contribution >= 4 is 27.3 Å². The number of anilines is 1. The third kappa shape index (κ3) is 3.27. The molecule has 106 valence electrons. The minimum Gasteiger partial charge on any atom is -0.399 e. The maximum absolute atomic E-state index is 13.4. The first-order valence-corrected chi connectivity index (χ1v) is 7.54. The van der Waals surface area contributed by atoms with Crippen molar-refractivity contribution in [2.45, 2.75) is 11.4 Å². The number of rotatable bonds is 4. The van der Waals surface area contributed by atoms with E-state index in [0.717, 1.165) is 0 Å². The Balaban J connectivity index is 2.24. The lowest BCUT2D eigenvalue weighted by Gasteiger charge is -2.09. The highest BCUT2D eigenvalue weighted by atomic mass is 35.5. The Morgan fingerprint density at radius 3 is 2.60 bits per heavy atom. The van der Waals surface area contributed by atoms with Gasteiger partial charge < -0.3 is 5.73 Å². The average molecular weight is 315 g/mol. The zero-order chi connectivity index (χ0) is 14.8. The van der Waals surface area contributed by atoms with E-state index < -0.39 is 15.8 Å². The smallest absolute Gasteiger partial charge is 0.242 e. The number of halogens is 2. The molecule has 0 aliphatic rings. The molecule has 2 aromatic rings. The van der Waals surface area contributed by atoms with Gasteiger partial charge in [0.15, 0.2) is 0 Å². The molecule has 0 saturated carbocycles. The molecule has 0 aliphatic carbocycles. The summed E-state index contributed by atoms with van der Waals surface area (Å²) in [6.45, 7) is -0.167. The van der Waals surface area contributed by atoms with E-state index in [1.807, 2.05) is 0 Å². The highest BCUT2D eigenvalue weighted by Crippen LogP contribution is 2.23. The first kappa shape index (κ1) is 14.8. The van der Waals surface area contributed by atoms with Gasteiger partial charge in [0.05, 0.1) is 5.02 Å². The monoisotopic (exact) mass is 314 g/mol. The number of nitrogens with one attached hydrogen (secondary N) is 1. The Bertz CT molecular complexity index is 735. The first-order chi connectivity index (χ1) is 9.40. The third-order valence-corrected chi connectivity index (χ3v) is 4.54. The Morgan fingerprint density at radius 1 is 1.20 bits per heavy atom. The summed E-state index contributed by atoms with van der Waals surface area (Å²) >= 11 is 5.84. The van der Waals surface area contributed by atoms with Crippen LogP contribution in [0.3, 0.4) is 0 Å². The molecule has 0 atom stereocenters. The maximum Gasteiger partial charge on any atom is 0.242 e. The fourth-order valence-corrected chi connectivity index (χ4v) is 3.16. The number of hydrogen-bond acceptors (Lipinski definition) is 3. The molecule has 0 aliphatic heterocycles. The van der Waals surface area contributed by atoms with Crippen molar-refractivity contribution in [2.75, 3.05) is 5.73 Å². The summed E-state index contributed by atoms with van der Waals surface area (Å²) in [6.07, 6.45) is 0. The molecule has 0 saturated heterocycles. The molecule has 0 unspecified atom stereocenters. The van der Waals surface area contributed by atoms with Gasteiger partial charge in [-0.25, -0.2) is 17.5 Å². The summed E-state index contributed by atoms with van der Waals surface area (Å²) in [5, 5.41) is 0.0558. The average Bonchev–Trinajstić information content (AvgIpc) is 2.40. The molecular weight excluding hydrogens is 303 g/mol. The molecule has 0 spiro atoms. The van der Waals surface area contributed by atoms with E-state index in [2.05, 4.69) is 4.72 Å². The second kappa shape index (κ2) is 5.78. The minimum atomic E-state index is -3.86. The van der Waals surface area contributed by atoms with E-state index in [1.54, 1.807) is 6.07 Å². The summed E-state index contributed by atoms with van der Waals surface area (Å²) in [6, 6.07) is 10.1. The van der Waals surface area contributed by atoms with Crippen molar-refractivity contribution in [1.82, 2.24) is 4.72 Å². The van der Waals surface area contributed by atoms with Crippen LogP contribution in [0.4, 0.5) is 10.1 Å². The van der Waals surface area contributed by atoms with Gasteiger partial charge in [-0.3, -0.25) is 0 Å². The zero-order valence-corrected chi connectivity index (χ0v) is 11.9. The van der Waals surface area contributed by atoms with Crippen LogP contribution in [0, 0.1) is 5.82 Å². The summed E-state index contributed by atoms with van der Waals surface area (Å²) in [7, 11) is -3.86. The van der Waals surface area contributed by atoms with Crippen LogP contribution < -0.4 is 10.5 Å². The molecule has 7 heteroatoms. The number of sulfonamides is 1. The van der Waals surface area contributed by atoms with Crippen LogP contribution in [0.1, 0.15) is 5.56 Å². The van der Waals surface area contributed by atoms with Crippen LogP contribution in [0.15, 0.2) is 47.4 Å². The van der Waals surface area contributed by atoms with Crippen LogP contribution in [-0.4, -0.2) is 8.42 Å². The van der Waals surface area contributed by atoms with Gasteiger partial charge >= 0.3 is 0 Å². The van der Waals surface area contributed by atoms with Crippen molar-refractivity contribution in [3.63, 3.8) is 0 Å². The molecule has 0 fully saturated rings. The van der Waals surface area contributed by atoms with Gasteiger partial charge in [0, 0.05) is 17.8 Å². The molecule has 0 amide bonds. The van der Waals surface area contributed by atoms with Gasteiger partial charge in [-0.05, 0) is 24.3 Å². The quantitative estimate of drug-likeness (QED) is 0.852. The lowest BCUT2D eigenvalue weighted by Crippen LogP contribution is -2.24. The van der Waals surface area contributed by atoms with Gasteiger partial charge in [-0.15, -0.1) is 0 Å². The number of benzene rings is 2. The number of nitrogen functional groups attached to an aromatic ring is 1. The molecule has 0 radical (unpaired) electrons. The summed E-state index contributed by atoms with van der Waals surface area (Å²) < 4.78 is 40.0. The Labute approximate surface area is 121 Å². The van der Waals surface area contributed by atoms with Crippen LogP contribution in [0.2, 0.25) is 5.02 Å². The van der Waals surface area contributed by atoms with Gasteiger partial charge in [0.2, 0.25) is 10.0 Å². The van der Waals surface area contributed by atoms with Crippen molar-refractivity contribution in [2.24, 2.45) is 0 Å². The highest BCUT2D eigenvalue weighted by Gasteiger charge is 2.18. The predicted octanol–water partition coefficient (Wildman–Crippen LogP) is 2.54. The van der Waals surface area contributed by atoms with E-state index in [0.29, 0.717) is 0 Å². The lowest BCUT2D eigenvalue weighted by molar-refractivity contribution is 0.574. The van der Waals surface area contributed by atoms with Crippen LogP contribution in [-0.2, 0) is 16.6 Å². The van der Waals surface area contributed by atoms with Crippen molar-refractivity contribution in [3.05, 3.63) is 58.9 Å². The van der Waals surface area contributed by atoms with Crippen LogP contribution >= 0.6 is 11.6 Å².